The number of carbonyl (C=O) groups is 1. The molecule has 1 aromatic carbocycles. The first-order chi connectivity index (χ1) is 11.4. The fourth-order valence-electron chi connectivity index (χ4n) is 2.50. The molecular formula is C16H14Cl3N3O2. The van der Waals surface area contributed by atoms with Crippen molar-refractivity contribution in [2.24, 2.45) is 0 Å². The van der Waals surface area contributed by atoms with Gasteiger partial charge in [0.15, 0.2) is 17.7 Å². The van der Waals surface area contributed by atoms with Crippen molar-refractivity contribution >= 4 is 52.3 Å². The highest BCUT2D eigenvalue weighted by Gasteiger charge is 2.35. The molecule has 8 heteroatoms. The van der Waals surface area contributed by atoms with Gasteiger partial charge in [0.1, 0.15) is 5.82 Å². The summed E-state index contributed by atoms with van der Waals surface area (Å²) in [6.07, 6.45) is -0.0736. The maximum Gasteiger partial charge on any atom is 0.269 e. The van der Waals surface area contributed by atoms with E-state index in [1.165, 1.54) is 4.90 Å². The summed E-state index contributed by atoms with van der Waals surface area (Å²) < 4.78 is 5.70. The molecule has 0 bridgehead atoms. The van der Waals surface area contributed by atoms with Crippen molar-refractivity contribution in [1.29, 1.82) is 0 Å². The number of nitrogen functional groups attached to an aromatic ring is 1. The van der Waals surface area contributed by atoms with E-state index < -0.39 is 6.10 Å². The zero-order valence-electron chi connectivity index (χ0n) is 12.7. The number of rotatable bonds is 3. The van der Waals surface area contributed by atoms with E-state index in [1.807, 2.05) is 6.92 Å². The van der Waals surface area contributed by atoms with Gasteiger partial charge >= 0.3 is 0 Å². The molecule has 2 aromatic rings. The molecule has 24 heavy (non-hydrogen) atoms. The number of amides is 1. The minimum absolute atomic E-state index is 0.125. The minimum Gasteiger partial charge on any atom is -0.477 e. The van der Waals surface area contributed by atoms with Crippen LogP contribution in [0.5, 0.6) is 5.75 Å². The molecule has 2 heterocycles. The number of fused-ring (bicyclic) bond motifs is 1. The molecule has 0 spiro atoms. The molecule has 1 aliphatic rings. The zero-order chi connectivity index (χ0) is 17.4. The molecule has 5 nitrogen and oxygen atoms in total. The van der Waals surface area contributed by atoms with Crippen molar-refractivity contribution in [3.63, 3.8) is 0 Å². The number of ether oxygens (including phenoxy) is 1. The number of benzene rings is 1. The second-order valence-electron chi connectivity index (χ2n) is 5.32. The first-order valence-electron chi connectivity index (χ1n) is 7.29. The number of nitrogens with zero attached hydrogens (tertiary/aromatic N) is 2. The van der Waals surface area contributed by atoms with Crippen LogP contribution < -0.4 is 15.4 Å². The van der Waals surface area contributed by atoms with Gasteiger partial charge in [-0.05, 0) is 30.7 Å². The second-order valence-corrected chi connectivity index (χ2v) is 6.51. The smallest absolute Gasteiger partial charge is 0.269 e. The summed E-state index contributed by atoms with van der Waals surface area (Å²) in [6, 6.07) is 6.57. The van der Waals surface area contributed by atoms with Crippen LogP contribution in [0.4, 0.5) is 11.6 Å². The Morgan fingerprint density at radius 2 is 1.92 bits per heavy atom. The lowest BCUT2D eigenvalue weighted by molar-refractivity contribution is -0.126. The zero-order valence-corrected chi connectivity index (χ0v) is 15.0. The molecule has 0 saturated carbocycles. The Morgan fingerprint density at radius 3 is 2.62 bits per heavy atom. The van der Waals surface area contributed by atoms with Crippen LogP contribution in [0.15, 0.2) is 24.3 Å². The average molecular weight is 387 g/mol. The van der Waals surface area contributed by atoms with Crippen LogP contribution in [0.3, 0.4) is 0 Å². The second kappa shape index (κ2) is 6.67. The minimum atomic E-state index is -0.598. The molecule has 1 unspecified atom stereocenters. The van der Waals surface area contributed by atoms with E-state index in [2.05, 4.69) is 4.98 Å². The van der Waals surface area contributed by atoms with E-state index in [0.717, 1.165) is 0 Å². The molecule has 126 valence electrons. The van der Waals surface area contributed by atoms with E-state index in [4.69, 9.17) is 45.3 Å². The van der Waals surface area contributed by atoms with Gasteiger partial charge in [-0.3, -0.25) is 9.69 Å². The largest absolute Gasteiger partial charge is 0.477 e. The first-order valence-corrected chi connectivity index (χ1v) is 8.42. The van der Waals surface area contributed by atoms with Crippen molar-refractivity contribution in [2.75, 3.05) is 10.6 Å². The lowest BCUT2D eigenvalue weighted by Gasteiger charge is -2.33. The Hall–Kier alpha value is -1.69. The van der Waals surface area contributed by atoms with Gasteiger partial charge in [0, 0.05) is 10.6 Å². The fourth-order valence-corrected chi connectivity index (χ4v) is 3.17. The van der Waals surface area contributed by atoms with Crippen molar-refractivity contribution < 1.29 is 9.53 Å². The maximum atomic E-state index is 12.7. The standard InChI is InChI=1S/C16H14Cl3N3O2/c1-2-11-16(23)22(15-12(24-11)5-6-13(20)21-15)7-8-9(17)3-4-10(18)14(8)19/h3-6,11H,2,7H2,1H3,(H2,20,21). The summed E-state index contributed by atoms with van der Waals surface area (Å²) in [5.74, 6) is 0.894. The highest BCUT2D eigenvalue weighted by molar-refractivity contribution is 6.44. The van der Waals surface area contributed by atoms with Crippen LogP contribution in [-0.2, 0) is 11.3 Å². The predicted octanol–water partition coefficient (Wildman–Crippen LogP) is 4.33. The Balaban J connectivity index is 2.08. The number of pyridine rings is 1. The van der Waals surface area contributed by atoms with E-state index in [9.17, 15) is 4.79 Å². The van der Waals surface area contributed by atoms with Crippen LogP contribution in [0.2, 0.25) is 15.1 Å². The summed E-state index contributed by atoms with van der Waals surface area (Å²) in [4.78, 5) is 18.5. The van der Waals surface area contributed by atoms with Crippen molar-refractivity contribution in [3.05, 3.63) is 44.9 Å². The fraction of sp³-hybridized carbons (Fsp3) is 0.250. The average Bonchev–Trinajstić information content (AvgIpc) is 2.56. The number of hydrogen-bond acceptors (Lipinski definition) is 4. The normalized spacial score (nSPS) is 16.8. The van der Waals surface area contributed by atoms with Crippen LogP contribution in [0.25, 0.3) is 0 Å². The van der Waals surface area contributed by atoms with Crippen LogP contribution in [-0.4, -0.2) is 17.0 Å². The Kier molecular flexibility index (Phi) is 4.76. The van der Waals surface area contributed by atoms with Gasteiger partial charge in [0.05, 0.1) is 16.6 Å². The SMILES string of the molecule is CCC1Oc2ccc(N)nc2N(Cc2c(Cl)ccc(Cl)c2Cl)C1=O. The van der Waals surface area contributed by atoms with Crippen LogP contribution in [0.1, 0.15) is 18.9 Å². The lowest BCUT2D eigenvalue weighted by Crippen LogP contribution is -2.45. The molecular weight excluding hydrogens is 373 g/mol. The summed E-state index contributed by atoms with van der Waals surface area (Å²) in [6.45, 7) is 2.00. The van der Waals surface area contributed by atoms with Gasteiger partial charge in [-0.2, -0.15) is 0 Å². The summed E-state index contributed by atoms with van der Waals surface area (Å²) in [5.41, 5.74) is 6.30. The summed E-state index contributed by atoms with van der Waals surface area (Å²) in [7, 11) is 0. The van der Waals surface area contributed by atoms with Gasteiger partial charge in [-0.15, -0.1) is 0 Å². The molecule has 0 aliphatic carbocycles. The molecule has 0 fully saturated rings. The molecule has 3 rings (SSSR count). The lowest BCUT2D eigenvalue weighted by atomic mass is 10.1. The van der Waals surface area contributed by atoms with Crippen molar-refractivity contribution in [3.8, 4) is 5.75 Å². The maximum absolute atomic E-state index is 12.7. The number of carbonyl (C=O) groups excluding carboxylic acids is 1. The molecule has 1 atom stereocenters. The van der Waals surface area contributed by atoms with E-state index in [1.54, 1.807) is 24.3 Å². The van der Waals surface area contributed by atoms with E-state index >= 15 is 0 Å². The number of aromatic nitrogens is 1. The van der Waals surface area contributed by atoms with Gasteiger partial charge in [-0.25, -0.2) is 4.98 Å². The molecule has 1 amide bonds. The number of hydrogen-bond donors (Lipinski definition) is 1. The Morgan fingerprint density at radius 1 is 1.21 bits per heavy atom. The summed E-state index contributed by atoms with van der Waals surface area (Å²) in [5, 5.41) is 1.09. The monoisotopic (exact) mass is 385 g/mol. The molecule has 0 saturated heterocycles. The first kappa shape index (κ1) is 17.1. The third-order valence-electron chi connectivity index (χ3n) is 3.75. The third-order valence-corrected chi connectivity index (χ3v) is 4.95. The number of halogens is 3. The summed E-state index contributed by atoms with van der Waals surface area (Å²) >= 11 is 18.6. The van der Waals surface area contributed by atoms with Gasteiger partial charge in [-0.1, -0.05) is 41.7 Å². The highest BCUT2D eigenvalue weighted by atomic mass is 35.5. The quantitative estimate of drug-likeness (QED) is 0.797. The van der Waals surface area contributed by atoms with E-state index in [-0.39, 0.29) is 18.3 Å². The van der Waals surface area contributed by atoms with Crippen LogP contribution in [0, 0.1) is 0 Å². The molecule has 2 N–H and O–H groups in total. The van der Waals surface area contributed by atoms with Gasteiger partial charge in [0.2, 0.25) is 0 Å². The predicted molar refractivity (Wildman–Crippen MR) is 96.0 cm³/mol. The molecule has 0 radical (unpaired) electrons. The number of nitrogens with two attached hydrogens (primary N) is 1. The Labute approximate surface area is 154 Å². The van der Waals surface area contributed by atoms with Gasteiger partial charge < -0.3 is 10.5 Å². The topological polar surface area (TPSA) is 68.5 Å². The number of anilines is 2. The molecule has 1 aromatic heterocycles. The molecule has 1 aliphatic heterocycles. The Bertz CT molecular complexity index is 813. The van der Waals surface area contributed by atoms with Crippen molar-refractivity contribution in [1.82, 2.24) is 4.98 Å². The van der Waals surface area contributed by atoms with Crippen LogP contribution >= 0.6 is 34.8 Å². The van der Waals surface area contributed by atoms with Gasteiger partial charge in [0.25, 0.3) is 5.91 Å². The van der Waals surface area contributed by atoms with E-state index in [0.29, 0.717) is 38.6 Å². The third kappa shape index (κ3) is 2.99. The highest BCUT2D eigenvalue weighted by Crippen LogP contribution is 2.38. The van der Waals surface area contributed by atoms with Crippen molar-refractivity contribution in [2.45, 2.75) is 26.0 Å².